The van der Waals surface area contributed by atoms with Gasteiger partial charge in [-0.2, -0.15) is 0 Å². The Balaban J connectivity index is 1.46. The van der Waals surface area contributed by atoms with E-state index in [0.717, 1.165) is 11.3 Å². The Kier molecular flexibility index (Phi) is 5.16. The first-order chi connectivity index (χ1) is 17.4. The third kappa shape index (κ3) is 3.25. The van der Waals surface area contributed by atoms with Gasteiger partial charge in [0.2, 0.25) is 11.8 Å². The number of Topliss-reactive ketones (excluding diaryl/α,β-unsaturated/α-hetero) is 2. The molecule has 0 saturated carbocycles. The number of carbonyl (C=O) groups is 4. The molecule has 6 rings (SSSR count). The fourth-order valence-corrected chi connectivity index (χ4v) is 5.82. The lowest BCUT2D eigenvalue weighted by atomic mass is 9.86. The number of hydrogen-bond donors (Lipinski definition) is 0. The van der Waals surface area contributed by atoms with Crippen molar-refractivity contribution in [1.29, 1.82) is 0 Å². The predicted octanol–water partition coefficient (Wildman–Crippen LogP) is 4.82. The number of halogens is 1. The minimum atomic E-state index is -0.856. The lowest BCUT2D eigenvalue weighted by Gasteiger charge is -2.36. The van der Waals surface area contributed by atoms with Crippen molar-refractivity contribution in [3.8, 4) is 0 Å². The smallest absolute Gasteiger partial charge is 0.240 e. The second kappa shape index (κ2) is 8.28. The molecule has 0 bridgehead atoms. The number of anilines is 2. The van der Waals surface area contributed by atoms with Crippen LogP contribution in [-0.2, 0) is 9.59 Å². The Morgan fingerprint density at radius 2 is 1.44 bits per heavy atom. The predicted molar refractivity (Wildman–Crippen MR) is 137 cm³/mol. The number of nitrogens with zero attached hydrogens (tertiary/aromatic N) is 2. The van der Waals surface area contributed by atoms with Crippen molar-refractivity contribution in [2.45, 2.75) is 19.0 Å². The summed E-state index contributed by atoms with van der Waals surface area (Å²) >= 11 is 6.05. The maximum atomic E-state index is 14.0. The van der Waals surface area contributed by atoms with Gasteiger partial charge in [0.15, 0.2) is 11.6 Å². The molecule has 0 aromatic heterocycles. The van der Waals surface area contributed by atoms with Crippen LogP contribution in [0.2, 0.25) is 5.02 Å². The zero-order valence-electron chi connectivity index (χ0n) is 19.3. The molecule has 0 unspecified atom stereocenters. The molecular weight excluding hydrogens is 476 g/mol. The van der Waals surface area contributed by atoms with E-state index in [4.69, 9.17) is 11.6 Å². The summed E-state index contributed by atoms with van der Waals surface area (Å²) in [5, 5.41) is 0.507. The fourth-order valence-electron chi connectivity index (χ4n) is 5.70. The number of fused-ring (bicyclic) bond motifs is 5. The normalized spacial score (nSPS) is 23.9. The van der Waals surface area contributed by atoms with E-state index in [1.165, 1.54) is 11.8 Å². The third-order valence-corrected chi connectivity index (χ3v) is 7.60. The fraction of sp³-hybridized carbons (Fsp3) is 0.172. The maximum absolute atomic E-state index is 14.0. The average molecular weight is 497 g/mol. The summed E-state index contributed by atoms with van der Waals surface area (Å²) in [6.45, 7) is 1.46. The Labute approximate surface area is 212 Å². The zero-order chi connectivity index (χ0) is 25.1. The molecule has 7 heteroatoms. The first kappa shape index (κ1) is 22.4. The molecule has 3 aliphatic heterocycles. The largest absolute Gasteiger partial charge is 0.352 e. The van der Waals surface area contributed by atoms with Crippen LogP contribution in [0.25, 0.3) is 6.08 Å². The van der Waals surface area contributed by atoms with E-state index in [-0.39, 0.29) is 17.5 Å². The molecule has 3 aliphatic rings. The number of imide groups is 1. The molecule has 2 saturated heterocycles. The van der Waals surface area contributed by atoms with E-state index in [1.54, 1.807) is 48.5 Å². The van der Waals surface area contributed by atoms with Gasteiger partial charge >= 0.3 is 0 Å². The van der Waals surface area contributed by atoms with Crippen molar-refractivity contribution in [3.05, 3.63) is 101 Å². The molecule has 3 heterocycles. The van der Waals surface area contributed by atoms with Crippen molar-refractivity contribution in [3.63, 3.8) is 0 Å². The van der Waals surface area contributed by atoms with E-state index in [0.29, 0.717) is 21.8 Å². The number of rotatable bonds is 4. The standard InChI is InChI=1S/C29H21ClN2O4/c1-16(33)17-8-13-21(14-9-17)31-28(35)24-23-15-10-18-4-2-3-5-22(18)32(23)26(25(24)29(31)36)27(34)19-6-11-20(30)12-7-19/h2-15,23-26H,1H3/t23-,24+,25+,26+/m1/s1. The topological polar surface area (TPSA) is 74.8 Å². The van der Waals surface area contributed by atoms with Crippen molar-refractivity contribution < 1.29 is 19.2 Å². The molecule has 4 atom stereocenters. The molecule has 178 valence electrons. The molecule has 3 aromatic rings. The maximum Gasteiger partial charge on any atom is 0.240 e. The lowest BCUT2D eigenvalue weighted by Crippen LogP contribution is -2.48. The highest BCUT2D eigenvalue weighted by molar-refractivity contribution is 6.30. The van der Waals surface area contributed by atoms with E-state index in [1.807, 2.05) is 41.3 Å². The summed E-state index contributed by atoms with van der Waals surface area (Å²) in [5.74, 6) is -2.65. The van der Waals surface area contributed by atoms with Crippen LogP contribution in [0.15, 0.2) is 78.9 Å². The second-order valence-electron chi connectivity index (χ2n) is 9.30. The summed E-state index contributed by atoms with van der Waals surface area (Å²) in [7, 11) is 0. The van der Waals surface area contributed by atoms with Crippen molar-refractivity contribution >= 4 is 52.4 Å². The van der Waals surface area contributed by atoms with Gasteiger partial charge < -0.3 is 4.90 Å². The number of carbonyl (C=O) groups excluding carboxylic acids is 4. The Morgan fingerprint density at radius 1 is 0.806 bits per heavy atom. The molecule has 3 aromatic carbocycles. The first-order valence-electron chi connectivity index (χ1n) is 11.7. The van der Waals surface area contributed by atoms with Gasteiger partial charge in [-0.15, -0.1) is 0 Å². The molecule has 2 fully saturated rings. The van der Waals surface area contributed by atoms with E-state index in [2.05, 4.69) is 0 Å². The quantitative estimate of drug-likeness (QED) is 0.382. The Bertz CT molecular complexity index is 1460. The minimum absolute atomic E-state index is 0.104. The van der Waals surface area contributed by atoms with Gasteiger partial charge in [0, 0.05) is 21.8 Å². The summed E-state index contributed by atoms with van der Waals surface area (Å²) in [6, 6.07) is 19.4. The summed E-state index contributed by atoms with van der Waals surface area (Å²) in [4.78, 5) is 56.4. The van der Waals surface area contributed by atoms with Gasteiger partial charge in [0.25, 0.3) is 0 Å². The second-order valence-corrected chi connectivity index (χ2v) is 9.73. The Morgan fingerprint density at radius 3 is 2.14 bits per heavy atom. The highest BCUT2D eigenvalue weighted by Gasteiger charge is 2.64. The number of hydrogen-bond acceptors (Lipinski definition) is 5. The van der Waals surface area contributed by atoms with Gasteiger partial charge in [-0.25, -0.2) is 4.90 Å². The molecule has 0 N–H and O–H groups in total. The van der Waals surface area contributed by atoms with Crippen LogP contribution in [0.5, 0.6) is 0 Å². The highest BCUT2D eigenvalue weighted by atomic mass is 35.5. The van der Waals surface area contributed by atoms with Gasteiger partial charge in [-0.1, -0.05) is 42.0 Å². The third-order valence-electron chi connectivity index (χ3n) is 7.34. The van der Waals surface area contributed by atoms with Crippen LogP contribution in [0.4, 0.5) is 11.4 Å². The lowest BCUT2D eigenvalue weighted by molar-refractivity contribution is -0.122. The summed E-state index contributed by atoms with van der Waals surface area (Å²) in [6.07, 6.45) is 3.87. The van der Waals surface area contributed by atoms with Crippen LogP contribution in [-0.4, -0.2) is 35.5 Å². The minimum Gasteiger partial charge on any atom is -0.352 e. The number of benzene rings is 3. The number of para-hydroxylation sites is 1. The van der Waals surface area contributed by atoms with Gasteiger partial charge in [0.1, 0.15) is 6.04 Å². The summed E-state index contributed by atoms with van der Waals surface area (Å²) in [5.41, 5.74) is 3.07. The van der Waals surface area contributed by atoms with Crippen molar-refractivity contribution in [2.75, 3.05) is 9.80 Å². The monoisotopic (exact) mass is 496 g/mol. The molecule has 0 aliphatic carbocycles. The van der Waals surface area contributed by atoms with Crippen LogP contribution in [0.3, 0.4) is 0 Å². The van der Waals surface area contributed by atoms with E-state index < -0.39 is 29.8 Å². The number of amides is 2. The highest BCUT2D eigenvalue weighted by Crippen LogP contribution is 2.49. The average Bonchev–Trinajstić information content (AvgIpc) is 3.37. The van der Waals surface area contributed by atoms with Gasteiger partial charge in [-0.3, -0.25) is 19.2 Å². The van der Waals surface area contributed by atoms with Crippen molar-refractivity contribution in [1.82, 2.24) is 0 Å². The molecule has 2 amide bonds. The molecule has 36 heavy (non-hydrogen) atoms. The molecule has 6 nitrogen and oxygen atoms in total. The van der Waals surface area contributed by atoms with Crippen LogP contribution < -0.4 is 9.80 Å². The van der Waals surface area contributed by atoms with Gasteiger partial charge in [-0.05, 0) is 67.1 Å². The zero-order valence-corrected chi connectivity index (χ0v) is 20.1. The number of ketones is 2. The molecule has 0 radical (unpaired) electrons. The van der Waals surface area contributed by atoms with Crippen LogP contribution in [0, 0.1) is 11.8 Å². The van der Waals surface area contributed by atoms with Gasteiger partial charge in [0.05, 0.1) is 23.6 Å². The van der Waals surface area contributed by atoms with Crippen LogP contribution >= 0.6 is 11.6 Å². The summed E-state index contributed by atoms with van der Waals surface area (Å²) < 4.78 is 0. The molecule has 0 spiro atoms. The van der Waals surface area contributed by atoms with E-state index in [9.17, 15) is 19.2 Å². The first-order valence-corrected chi connectivity index (χ1v) is 12.1. The molecular formula is C29H21ClN2O4. The Hall–Kier alpha value is -4.03. The van der Waals surface area contributed by atoms with Crippen LogP contribution in [0.1, 0.15) is 33.2 Å². The SMILES string of the molecule is CC(=O)c1ccc(N2C(=O)[C@@H]3[C@H](C2=O)[C@@H](C(=O)c2ccc(Cl)cc2)N2c4ccccc4C=C[C@H]32)cc1. The van der Waals surface area contributed by atoms with E-state index >= 15 is 0 Å². The van der Waals surface area contributed by atoms with Crippen molar-refractivity contribution in [2.24, 2.45) is 11.8 Å².